The molecule has 6 heteroatoms. The zero-order valence-corrected chi connectivity index (χ0v) is 11.4. The molecule has 1 aromatic carbocycles. The molecular weight excluding hydrogens is 272 g/mol. The SMILES string of the molecule is Cc1c(-c2ccc3sc(=O)[nH]c3c2)nc2ncccn12. The van der Waals surface area contributed by atoms with Crippen LogP contribution in [0.3, 0.4) is 0 Å². The van der Waals surface area contributed by atoms with E-state index in [4.69, 9.17) is 0 Å². The maximum Gasteiger partial charge on any atom is 0.305 e. The number of hydrogen-bond donors (Lipinski definition) is 1. The Balaban J connectivity index is 2.00. The first-order valence-corrected chi connectivity index (χ1v) is 6.97. The normalized spacial score (nSPS) is 11.4. The van der Waals surface area contributed by atoms with Crippen molar-refractivity contribution in [2.45, 2.75) is 6.92 Å². The molecule has 0 spiro atoms. The lowest BCUT2D eigenvalue weighted by atomic mass is 10.1. The lowest BCUT2D eigenvalue weighted by molar-refractivity contribution is 1.06. The van der Waals surface area contributed by atoms with Crippen molar-refractivity contribution in [3.63, 3.8) is 0 Å². The minimum absolute atomic E-state index is 0.0365. The molecule has 5 nitrogen and oxygen atoms in total. The lowest BCUT2D eigenvalue weighted by Gasteiger charge is -1.99. The van der Waals surface area contributed by atoms with E-state index in [-0.39, 0.29) is 4.87 Å². The van der Waals surface area contributed by atoms with Crippen molar-refractivity contribution < 1.29 is 0 Å². The highest BCUT2D eigenvalue weighted by molar-refractivity contribution is 7.16. The molecule has 0 bridgehead atoms. The van der Waals surface area contributed by atoms with Crippen LogP contribution in [0.15, 0.2) is 41.5 Å². The molecule has 0 fully saturated rings. The average molecular weight is 282 g/mol. The molecule has 98 valence electrons. The van der Waals surface area contributed by atoms with E-state index in [1.807, 2.05) is 41.8 Å². The third-order valence-electron chi connectivity index (χ3n) is 3.33. The molecular formula is C14H10N4OS. The van der Waals surface area contributed by atoms with Gasteiger partial charge in [0.15, 0.2) is 0 Å². The Morgan fingerprint density at radius 2 is 2.25 bits per heavy atom. The molecule has 0 amide bonds. The number of aryl methyl sites for hydroxylation is 1. The summed E-state index contributed by atoms with van der Waals surface area (Å²) in [7, 11) is 0. The Hall–Kier alpha value is -2.47. The van der Waals surface area contributed by atoms with Crippen molar-refractivity contribution in [3.05, 3.63) is 52.0 Å². The minimum Gasteiger partial charge on any atom is -0.312 e. The summed E-state index contributed by atoms with van der Waals surface area (Å²) in [5, 5.41) is 0. The van der Waals surface area contributed by atoms with E-state index >= 15 is 0 Å². The summed E-state index contributed by atoms with van der Waals surface area (Å²) in [6.07, 6.45) is 3.67. The molecule has 0 aliphatic rings. The number of fused-ring (bicyclic) bond motifs is 2. The first kappa shape index (κ1) is 11.4. The molecule has 0 saturated carbocycles. The van der Waals surface area contributed by atoms with Crippen LogP contribution in [0.25, 0.3) is 27.3 Å². The number of aromatic nitrogens is 4. The number of nitrogens with zero attached hydrogens (tertiary/aromatic N) is 3. The van der Waals surface area contributed by atoms with Crippen molar-refractivity contribution in [1.29, 1.82) is 0 Å². The van der Waals surface area contributed by atoms with Crippen LogP contribution in [-0.2, 0) is 0 Å². The van der Waals surface area contributed by atoms with Crippen LogP contribution in [0.1, 0.15) is 5.69 Å². The molecule has 4 rings (SSSR count). The first-order valence-electron chi connectivity index (χ1n) is 6.15. The van der Waals surface area contributed by atoms with Gasteiger partial charge in [0.25, 0.3) is 0 Å². The standard InChI is InChI=1S/C14H10N4OS/c1-8-12(17-13-15-5-2-6-18(8)13)9-3-4-11-10(7-9)16-14(19)20-11/h2-7H,1H3,(H,16,19). The number of benzene rings is 1. The van der Waals surface area contributed by atoms with Gasteiger partial charge in [-0.05, 0) is 25.1 Å². The fraction of sp³-hybridized carbons (Fsp3) is 0.0714. The Kier molecular flexibility index (Phi) is 2.28. The Labute approximate surface area is 117 Å². The maximum absolute atomic E-state index is 11.4. The van der Waals surface area contributed by atoms with Gasteiger partial charge in [-0.15, -0.1) is 0 Å². The van der Waals surface area contributed by atoms with Crippen molar-refractivity contribution in [2.24, 2.45) is 0 Å². The van der Waals surface area contributed by atoms with Crippen LogP contribution in [0.5, 0.6) is 0 Å². The Morgan fingerprint density at radius 3 is 3.10 bits per heavy atom. The molecule has 0 aliphatic carbocycles. The van der Waals surface area contributed by atoms with Crippen molar-refractivity contribution in [2.75, 3.05) is 0 Å². The molecule has 3 heterocycles. The van der Waals surface area contributed by atoms with Gasteiger partial charge in [-0.2, -0.15) is 0 Å². The molecule has 0 atom stereocenters. The number of nitrogens with one attached hydrogen (secondary N) is 1. The monoisotopic (exact) mass is 282 g/mol. The van der Waals surface area contributed by atoms with Gasteiger partial charge in [0.2, 0.25) is 5.78 Å². The quantitative estimate of drug-likeness (QED) is 0.583. The summed E-state index contributed by atoms with van der Waals surface area (Å²) < 4.78 is 2.91. The topological polar surface area (TPSA) is 63.0 Å². The summed E-state index contributed by atoms with van der Waals surface area (Å²) >= 11 is 1.22. The number of imidazole rings is 1. The molecule has 0 unspecified atom stereocenters. The van der Waals surface area contributed by atoms with Gasteiger partial charge in [-0.1, -0.05) is 17.4 Å². The first-order chi connectivity index (χ1) is 9.72. The Bertz CT molecular complexity index is 995. The lowest BCUT2D eigenvalue weighted by Crippen LogP contribution is -1.90. The molecule has 20 heavy (non-hydrogen) atoms. The fourth-order valence-electron chi connectivity index (χ4n) is 2.38. The largest absolute Gasteiger partial charge is 0.312 e. The van der Waals surface area contributed by atoms with Gasteiger partial charge in [-0.25, -0.2) is 9.97 Å². The number of H-pyrrole nitrogens is 1. The number of hydrogen-bond acceptors (Lipinski definition) is 4. The van der Waals surface area contributed by atoms with E-state index in [0.717, 1.165) is 27.2 Å². The second-order valence-electron chi connectivity index (χ2n) is 4.56. The van der Waals surface area contributed by atoms with Crippen molar-refractivity contribution in [3.8, 4) is 11.3 Å². The molecule has 3 aromatic heterocycles. The van der Waals surface area contributed by atoms with Crippen LogP contribution in [0.4, 0.5) is 0 Å². The minimum atomic E-state index is -0.0365. The molecule has 0 saturated heterocycles. The highest BCUT2D eigenvalue weighted by Crippen LogP contribution is 2.26. The molecule has 0 radical (unpaired) electrons. The summed E-state index contributed by atoms with van der Waals surface area (Å²) in [5.41, 5.74) is 3.75. The zero-order chi connectivity index (χ0) is 13.7. The van der Waals surface area contributed by atoms with E-state index in [1.54, 1.807) is 6.20 Å². The summed E-state index contributed by atoms with van der Waals surface area (Å²) in [6, 6.07) is 7.78. The van der Waals surface area contributed by atoms with Crippen LogP contribution in [0, 0.1) is 6.92 Å². The van der Waals surface area contributed by atoms with Crippen LogP contribution >= 0.6 is 11.3 Å². The summed E-state index contributed by atoms with van der Waals surface area (Å²) in [4.78, 5) is 23.0. The third-order valence-corrected chi connectivity index (χ3v) is 4.20. The number of rotatable bonds is 1. The van der Waals surface area contributed by atoms with Crippen molar-refractivity contribution >= 4 is 27.3 Å². The maximum atomic E-state index is 11.4. The van der Waals surface area contributed by atoms with Gasteiger partial charge in [0, 0.05) is 23.7 Å². The fourth-order valence-corrected chi connectivity index (χ4v) is 3.09. The van der Waals surface area contributed by atoms with Gasteiger partial charge >= 0.3 is 4.87 Å². The van der Waals surface area contributed by atoms with E-state index < -0.39 is 0 Å². The molecule has 0 aliphatic heterocycles. The number of thiazole rings is 1. The zero-order valence-electron chi connectivity index (χ0n) is 10.6. The van der Waals surface area contributed by atoms with E-state index in [9.17, 15) is 4.79 Å². The van der Waals surface area contributed by atoms with Gasteiger partial charge in [0.05, 0.1) is 15.9 Å². The Morgan fingerprint density at radius 1 is 1.35 bits per heavy atom. The van der Waals surface area contributed by atoms with Crippen LogP contribution in [-0.4, -0.2) is 19.4 Å². The average Bonchev–Trinajstić information content (AvgIpc) is 2.98. The second-order valence-corrected chi connectivity index (χ2v) is 5.58. The number of aromatic amines is 1. The van der Waals surface area contributed by atoms with Crippen LogP contribution in [0.2, 0.25) is 0 Å². The van der Waals surface area contributed by atoms with E-state index in [0.29, 0.717) is 5.78 Å². The molecule has 1 N–H and O–H groups in total. The van der Waals surface area contributed by atoms with Crippen molar-refractivity contribution in [1.82, 2.24) is 19.4 Å². The van der Waals surface area contributed by atoms with Crippen LogP contribution < -0.4 is 4.87 Å². The highest BCUT2D eigenvalue weighted by atomic mass is 32.1. The smallest absolute Gasteiger partial charge is 0.305 e. The van der Waals surface area contributed by atoms with E-state index in [1.165, 1.54) is 11.3 Å². The predicted molar refractivity (Wildman–Crippen MR) is 79.2 cm³/mol. The van der Waals surface area contributed by atoms with Gasteiger partial charge in [-0.3, -0.25) is 9.20 Å². The third kappa shape index (κ3) is 1.58. The summed E-state index contributed by atoms with van der Waals surface area (Å²) in [5.74, 6) is 0.680. The van der Waals surface area contributed by atoms with Gasteiger partial charge < -0.3 is 4.98 Å². The van der Waals surface area contributed by atoms with Gasteiger partial charge in [0.1, 0.15) is 0 Å². The predicted octanol–water partition coefficient (Wildman–Crippen LogP) is 2.61. The van der Waals surface area contributed by atoms with E-state index in [2.05, 4.69) is 15.0 Å². The molecule has 4 aromatic rings. The highest BCUT2D eigenvalue weighted by Gasteiger charge is 2.11. The second kappa shape index (κ2) is 4.01. The summed E-state index contributed by atoms with van der Waals surface area (Å²) in [6.45, 7) is 2.01.